The van der Waals surface area contributed by atoms with Gasteiger partial charge in [0.1, 0.15) is 0 Å². The molecule has 2 bridgehead atoms. The number of imide groups is 1. The van der Waals surface area contributed by atoms with Crippen molar-refractivity contribution in [2.24, 2.45) is 17.8 Å². The highest BCUT2D eigenvalue weighted by molar-refractivity contribution is 6.19. The van der Waals surface area contributed by atoms with Crippen LogP contribution in [0.3, 0.4) is 0 Å². The Balaban J connectivity index is 1.87. The Morgan fingerprint density at radius 2 is 1.79 bits per heavy atom. The third-order valence-electron chi connectivity index (χ3n) is 5.22. The number of allylic oxidation sites excluding steroid dienone is 2. The van der Waals surface area contributed by atoms with Crippen molar-refractivity contribution in [3.63, 3.8) is 0 Å². The van der Waals surface area contributed by atoms with E-state index in [9.17, 15) is 9.59 Å². The molecule has 3 heteroatoms. The highest BCUT2D eigenvalue weighted by Gasteiger charge is 2.46. The molecule has 0 radical (unpaired) electrons. The molecule has 0 aromatic heterocycles. The monoisotopic (exact) mass is 259 g/mol. The first-order chi connectivity index (χ1) is 9.04. The van der Waals surface area contributed by atoms with Crippen LogP contribution in [0.4, 0.5) is 0 Å². The number of rotatable bonds is 3. The molecule has 2 aliphatic carbocycles. The summed E-state index contributed by atoms with van der Waals surface area (Å²) in [6.45, 7) is 5.62. The lowest BCUT2D eigenvalue weighted by atomic mass is 9.84. The highest BCUT2D eigenvalue weighted by Crippen LogP contribution is 2.47. The SMILES string of the molecule is CCC(C1CC2C=CC1C2)N1C(=O)C(C)=C(C)C1=O. The minimum atomic E-state index is -0.0684. The van der Waals surface area contributed by atoms with Gasteiger partial charge in [-0.15, -0.1) is 0 Å². The van der Waals surface area contributed by atoms with E-state index in [1.807, 2.05) is 0 Å². The van der Waals surface area contributed by atoms with Gasteiger partial charge >= 0.3 is 0 Å². The Morgan fingerprint density at radius 3 is 2.21 bits per heavy atom. The quantitative estimate of drug-likeness (QED) is 0.577. The number of nitrogens with zero attached hydrogens (tertiary/aromatic N) is 1. The van der Waals surface area contributed by atoms with Crippen molar-refractivity contribution < 1.29 is 9.59 Å². The molecule has 2 amide bonds. The van der Waals surface area contributed by atoms with E-state index < -0.39 is 0 Å². The Hall–Kier alpha value is -1.38. The molecule has 19 heavy (non-hydrogen) atoms. The maximum Gasteiger partial charge on any atom is 0.257 e. The van der Waals surface area contributed by atoms with Crippen molar-refractivity contribution in [2.45, 2.75) is 46.1 Å². The van der Waals surface area contributed by atoms with Gasteiger partial charge in [-0.05, 0) is 50.9 Å². The summed E-state index contributed by atoms with van der Waals surface area (Å²) in [7, 11) is 0. The molecule has 0 N–H and O–H groups in total. The summed E-state index contributed by atoms with van der Waals surface area (Å²) < 4.78 is 0. The number of hydrogen-bond donors (Lipinski definition) is 0. The summed E-state index contributed by atoms with van der Waals surface area (Å²) in [4.78, 5) is 26.2. The molecule has 3 nitrogen and oxygen atoms in total. The van der Waals surface area contributed by atoms with Gasteiger partial charge in [0.2, 0.25) is 0 Å². The average Bonchev–Trinajstić information content (AvgIpc) is 3.07. The average molecular weight is 259 g/mol. The molecular weight excluding hydrogens is 238 g/mol. The largest absolute Gasteiger partial charge is 0.272 e. The van der Waals surface area contributed by atoms with E-state index in [1.54, 1.807) is 18.7 Å². The predicted octanol–water partition coefficient (Wildman–Crippen LogP) is 2.68. The van der Waals surface area contributed by atoms with Crippen LogP contribution in [-0.4, -0.2) is 22.8 Å². The molecule has 0 saturated heterocycles. The minimum absolute atomic E-state index is 0.0684. The number of carbonyl (C=O) groups is 2. The van der Waals surface area contributed by atoms with E-state index in [0.717, 1.165) is 12.8 Å². The first-order valence-corrected chi connectivity index (χ1v) is 7.28. The fourth-order valence-electron chi connectivity index (χ4n) is 4.02. The first kappa shape index (κ1) is 12.6. The zero-order valence-corrected chi connectivity index (χ0v) is 11.8. The van der Waals surface area contributed by atoms with Crippen molar-refractivity contribution in [3.8, 4) is 0 Å². The van der Waals surface area contributed by atoms with Crippen molar-refractivity contribution in [1.82, 2.24) is 4.90 Å². The molecule has 0 aromatic carbocycles. The fraction of sp³-hybridized carbons (Fsp3) is 0.625. The van der Waals surface area contributed by atoms with Gasteiger partial charge in [0, 0.05) is 17.2 Å². The standard InChI is InChI=1S/C16H21NO2/c1-4-14(13-8-11-5-6-12(13)7-11)17-15(18)9(2)10(3)16(17)19/h5-6,11-14H,4,7-8H2,1-3H3. The first-order valence-electron chi connectivity index (χ1n) is 7.28. The fourth-order valence-corrected chi connectivity index (χ4v) is 4.02. The van der Waals surface area contributed by atoms with Crippen LogP contribution in [0.2, 0.25) is 0 Å². The Kier molecular flexibility index (Phi) is 2.88. The van der Waals surface area contributed by atoms with Gasteiger partial charge in [0.25, 0.3) is 11.8 Å². The van der Waals surface area contributed by atoms with Gasteiger partial charge in [-0.3, -0.25) is 14.5 Å². The van der Waals surface area contributed by atoms with Crippen LogP contribution < -0.4 is 0 Å². The molecule has 0 aromatic rings. The molecule has 0 spiro atoms. The maximum atomic E-state index is 12.3. The second-order valence-corrected chi connectivity index (χ2v) is 6.15. The molecule has 4 unspecified atom stereocenters. The minimum Gasteiger partial charge on any atom is -0.272 e. The number of amides is 2. The molecule has 1 fully saturated rings. The predicted molar refractivity (Wildman–Crippen MR) is 73.2 cm³/mol. The molecule has 1 saturated carbocycles. The topological polar surface area (TPSA) is 37.4 Å². The van der Waals surface area contributed by atoms with E-state index in [2.05, 4.69) is 19.1 Å². The van der Waals surface area contributed by atoms with Crippen molar-refractivity contribution in [2.75, 3.05) is 0 Å². The molecule has 3 aliphatic rings. The lowest BCUT2D eigenvalue weighted by Gasteiger charge is -2.34. The van der Waals surface area contributed by atoms with Gasteiger partial charge in [-0.25, -0.2) is 0 Å². The third kappa shape index (κ3) is 1.71. The van der Waals surface area contributed by atoms with Gasteiger partial charge in [-0.1, -0.05) is 19.1 Å². The zero-order valence-electron chi connectivity index (χ0n) is 11.8. The van der Waals surface area contributed by atoms with Gasteiger partial charge in [0.15, 0.2) is 0 Å². The summed E-state index contributed by atoms with van der Waals surface area (Å²) in [5.41, 5.74) is 1.25. The summed E-state index contributed by atoms with van der Waals surface area (Å²) >= 11 is 0. The lowest BCUT2D eigenvalue weighted by molar-refractivity contribution is -0.142. The number of fused-ring (bicyclic) bond motifs is 2. The van der Waals surface area contributed by atoms with Crippen LogP contribution in [0.15, 0.2) is 23.3 Å². The molecule has 1 heterocycles. The maximum absolute atomic E-state index is 12.3. The van der Waals surface area contributed by atoms with E-state index in [0.29, 0.717) is 28.9 Å². The van der Waals surface area contributed by atoms with Gasteiger partial charge in [0.05, 0.1) is 0 Å². The van der Waals surface area contributed by atoms with Crippen LogP contribution in [-0.2, 0) is 9.59 Å². The third-order valence-corrected chi connectivity index (χ3v) is 5.22. The normalized spacial score (nSPS) is 34.9. The van der Waals surface area contributed by atoms with E-state index in [4.69, 9.17) is 0 Å². The summed E-state index contributed by atoms with van der Waals surface area (Å²) in [5, 5.41) is 0. The number of carbonyl (C=O) groups excluding carboxylic acids is 2. The number of hydrogen-bond acceptors (Lipinski definition) is 2. The van der Waals surface area contributed by atoms with E-state index in [-0.39, 0.29) is 17.9 Å². The van der Waals surface area contributed by atoms with E-state index in [1.165, 1.54) is 6.42 Å². The van der Waals surface area contributed by atoms with Crippen molar-refractivity contribution >= 4 is 11.8 Å². The summed E-state index contributed by atoms with van der Waals surface area (Å²) in [6, 6.07) is 0.0762. The molecule has 102 valence electrons. The Morgan fingerprint density at radius 1 is 1.16 bits per heavy atom. The van der Waals surface area contributed by atoms with Crippen LogP contribution in [0.1, 0.15) is 40.0 Å². The van der Waals surface area contributed by atoms with E-state index >= 15 is 0 Å². The molecule has 3 rings (SSSR count). The molecule has 4 atom stereocenters. The smallest absolute Gasteiger partial charge is 0.257 e. The van der Waals surface area contributed by atoms with Crippen LogP contribution in [0.25, 0.3) is 0 Å². The summed E-state index contributed by atoms with van der Waals surface area (Å²) in [6.07, 6.45) is 7.80. The van der Waals surface area contributed by atoms with Crippen molar-refractivity contribution in [3.05, 3.63) is 23.3 Å². The van der Waals surface area contributed by atoms with Crippen LogP contribution in [0.5, 0.6) is 0 Å². The molecular formula is C16H21NO2. The second-order valence-electron chi connectivity index (χ2n) is 6.15. The summed E-state index contributed by atoms with van der Waals surface area (Å²) in [5.74, 6) is 1.57. The van der Waals surface area contributed by atoms with Gasteiger partial charge in [-0.2, -0.15) is 0 Å². The van der Waals surface area contributed by atoms with Crippen LogP contribution >= 0.6 is 0 Å². The van der Waals surface area contributed by atoms with Crippen molar-refractivity contribution in [1.29, 1.82) is 0 Å². The highest BCUT2D eigenvalue weighted by atomic mass is 16.2. The Bertz CT molecular complexity index is 479. The second kappa shape index (κ2) is 4.32. The Labute approximate surface area is 114 Å². The molecule has 1 aliphatic heterocycles. The van der Waals surface area contributed by atoms with Gasteiger partial charge < -0.3 is 0 Å². The zero-order chi connectivity index (χ0) is 13.7. The lowest BCUT2D eigenvalue weighted by Crippen LogP contribution is -2.46. The van der Waals surface area contributed by atoms with Crippen LogP contribution in [0, 0.1) is 17.8 Å².